The number of anilines is 2. The molecule has 4 rings (SSSR count). The summed E-state index contributed by atoms with van der Waals surface area (Å²) in [6.45, 7) is 4.02. The van der Waals surface area contributed by atoms with Crippen molar-refractivity contribution in [3.05, 3.63) is 59.2 Å². The number of benzene rings is 2. The Labute approximate surface area is 176 Å². The maximum Gasteiger partial charge on any atom is 0.255 e. The lowest BCUT2D eigenvalue weighted by Crippen LogP contribution is -2.58. The van der Waals surface area contributed by atoms with Gasteiger partial charge in [0.05, 0.1) is 0 Å². The first-order valence-corrected chi connectivity index (χ1v) is 10.4. The van der Waals surface area contributed by atoms with Crippen molar-refractivity contribution in [2.45, 2.75) is 51.6 Å². The predicted octanol–water partition coefficient (Wildman–Crippen LogP) is 3.67. The van der Waals surface area contributed by atoms with Crippen LogP contribution in [0.3, 0.4) is 0 Å². The second-order valence-corrected chi connectivity index (χ2v) is 8.14. The summed E-state index contributed by atoms with van der Waals surface area (Å²) in [7, 11) is 0. The van der Waals surface area contributed by atoms with E-state index >= 15 is 0 Å². The van der Waals surface area contributed by atoms with Crippen LogP contribution in [0.2, 0.25) is 0 Å². The molecule has 1 aliphatic heterocycles. The summed E-state index contributed by atoms with van der Waals surface area (Å²) in [5.41, 5.74) is 16.1. The van der Waals surface area contributed by atoms with Crippen molar-refractivity contribution in [1.82, 2.24) is 0 Å². The van der Waals surface area contributed by atoms with Crippen molar-refractivity contribution in [2.24, 2.45) is 21.5 Å². The van der Waals surface area contributed by atoms with Crippen LogP contribution in [-0.4, -0.2) is 23.5 Å². The Balaban J connectivity index is 1.65. The number of aliphatic imine (C=N–C) groups is 2. The first-order valence-electron chi connectivity index (χ1n) is 10.4. The predicted molar refractivity (Wildman–Crippen MR) is 122 cm³/mol. The highest BCUT2D eigenvalue weighted by molar-refractivity contribution is 6.08. The van der Waals surface area contributed by atoms with E-state index in [1.165, 1.54) is 6.42 Å². The number of aryl methyl sites for hydroxylation is 2. The number of nitrogens with zero attached hydrogens (tertiary/aromatic N) is 3. The summed E-state index contributed by atoms with van der Waals surface area (Å²) in [6, 6.07) is 13.4. The maximum atomic E-state index is 12.9. The third-order valence-corrected chi connectivity index (χ3v) is 5.85. The van der Waals surface area contributed by atoms with Crippen LogP contribution >= 0.6 is 0 Å². The van der Waals surface area contributed by atoms with Crippen molar-refractivity contribution in [3.63, 3.8) is 0 Å². The molecule has 0 bridgehead atoms. The molecule has 1 saturated carbocycles. The van der Waals surface area contributed by atoms with Crippen molar-refractivity contribution in [3.8, 4) is 0 Å². The lowest BCUT2D eigenvalue weighted by Gasteiger charge is -2.45. The van der Waals surface area contributed by atoms with E-state index in [9.17, 15) is 4.79 Å². The first-order chi connectivity index (χ1) is 14.4. The molecule has 1 heterocycles. The van der Waals surface area contributed by atoms with Gasteiger partial charge in [0.15, 0.2) is 0 Å². The van der Waals surface area contributed by atoms with Crippen molar-refractivity contribution in [2.75, 3.05) is 10.2 Å². The standard InChI is InChI=1S/C23H28N6O/c1-15-9-10-19(16(2)13-15)26-20(30)17-7-6-8-18(14-17)29-22(25)27-21(24)28-23(29)11-4-3-5-12-23/h6-10,13-14H,3-5,11-12H2,1-2H3,(H,26,30)(H4,24,25,27,28). The van der Waals surface area contributed by atoms with Gasteiger partial charge < -0.3 is 16.8 Å². The Hall–Kier alpha value is -3.35. The molecule has 2 aliphatic rings. The molecular formula is C23H28N6O. The molecule has 2 aromatic rings. The lowest BCUT2D eigenvalue weighted by atomic mass is 9.87. The van der Waals surface area contributed by atoms with Gasteiger partial charge in [-0.05, 0) is 69.4 Å². The van der Waals surface area contributed by atoms with Crippen LogP contribution in [0.4, 0.5) is 11.4 Å². The second-order valence-electron chi connectivity index (χ2n) is 8.14. The van der Waals surface area contributed by atoms with Gasteiger partial charge in [-0.2, -0.15) is 4.99 Å². The average Bonchev–Trinajstić information content (AvgIpc) is 2.70. The molecule has 1 fully saturated rings. The van der Waals surface area contributed by atoms with Gasteiger partial charge in [0.2, 0.25) is 11.9 Å². The van der Waals surface area contributed by atoms with Crippen LogP contribution in [0, 0.1) is 13.8 Å². The fraction of sp³-hybridized carbons (Fsp3) is 0.348. The number of rotatable bonds is 3. The number of amides is 1. The van der Waals surface area contributed by atoms with Crippen LogP contribution in [0.15, 0.2) is 52.4 Å². The minimum Gasteiger partial charge on any atom is -0.369 e. The molecule has 2 aromatic carbocycles. The van der Waals surface area contributed by atoms with Crippen LogP contribution in [0.5, 0.6) is 0 Å². The van der Waals surface area contributed by atoms with Gasteiger partial charge in [-0.25, -0.2) is 4.99 Å². The number of hydrogen-bond donors (Lipinski definition) is 3. The molecule has 0 atom stereocenters. The normalized spacial score (nSPS) is 18.0. The molecule has 5 N–H and O–H groups in total. The fourth-order valence-corrected chi connectivity index (χ4v) is 4.43. The Morgan fingerprint density at radius 2 is 1.83 bits per heavy atom. The molecule has 1 spiro atoms. The smallest absolute Gasteiger partial charge is 0.255 e. The number of hydrogen-bond acceptors (Lipinski definition) is 6. The van der Waals surface area contributed by atoms with Gasteiger partial charge in [0.1, 0.15) is 5.66 Å². The van der Waals surface area contributed by atoms with E-state index in [2.05, 4.69) is 10.3 Å². The molecule has 0 aromatic heterocycles. The van der Waals surface area contributed by atoms with Crippen molar-refractivity contribution in [1.29, 1.82) is 0 Å². The van der Waals surface area contributed by atoms with E-state index in [4.69, 9.17) is 16.5 Å². The monoisotopic (exact) mass is 404 g/mol. The third-order valence-electron chi connectivity index (χ3n) is 5.85. The molecule has 156 valence electrons. The Morgan fingerprint density at radius 3 is 2.57 bits per heavy atom. The van der Waals surface area contributed by atoms with Crippen LogP contribution in [0.25, 0.3) is 0 Å². The number of guanidine groups is 2. The molecule has 0 saturated heterocycles. The molecule has 1 aliphatic carbocycles. The van der Waals surface area contributed by atoms with Crippen LogP contribution in [-0.2, 0) is 0 Å². The summed E-state index contributed by atoms with van der Waals surface area (Å²) in [4.78, 5) is 23.8. The van der Waals surface area contributed by atoms with Gasteiger partial charge in [0, 0.05) is 16.9 Å². The van der Waals surface area contributed by atoms with Gasteiger partial charge in [0.25, 0.3) is 5.91 Å². The molecule has 7 nitrogen and oxygen atoms in total. The Kier molecular flexibility index (Phi) is 5.20. The zero-order valence-electron chi connectivity index (χ0n) is 17.5. The largest absolute Gasteiger partial charge is 0.369 e. The number of carbonyl (C=O) groups excluding carboxylic acids is 1. The molecule has 30 heavy (non-hydrogen) atoms. The summed E-state index contributed by atoms with van der Waals surface area (Å²) < 4.78 is 0. The SMILES string of the molecule is Cc1ccc(NC(=O)c2cccc(N3C(N)=NC(N)=NC34CCCCC4)c2)c(C)c1. The van der Waals surface area contributed by atoms with E-state index in [0.717, 1.165) is 48.2 Å². The second kappa shape index (κ2) is 7.82. The number of nitrogens with two attached hydrogens (primary N) is 2. The minimum atomic E-state index is -0.531. The summed E-state index contributed by atoms with van der Waals surface area (Å²) in [5.74, 6) is 0.364. The Bertz CT molecular complexity index is 1040. The van der Waals surface area contributed by atoms with Crippen LogP contribution in [0.1, 0.15) is 53.6 Å². The van der Waals surface area contributed by atoms with Crippen molar-refractivity contribution >= 4 is 29.2 Å². The summed E-state index contributed by atoms with van der Waals surface area (Å²) in [5, 5.41) is 3.01. The number of nitrogens with one attached hydrogen (secondary N) is 1. The lowest BCUT2D eigenvalue weighted by molar-refractivity contribution is 0.102. The first kappa shape index (κ1) is 19.9. The van der Waals surface area contributed by atoms with Gasteiger partial charge in [-0.1, -0.05) is 30.2 Å². The van der Waals surface area contributed by atoms with Crippen LogP contribution < -0.4 is 21.7 Å². The van der Waals surface area contributed by atoms with E-state index in [1.54, 1.807) is 6.07 Å². The zero-order valence-corrected chi connectivity index (χ0v) is 17.5. The zero-order chi connectivity index (χ0) is 21.3. The van der Waals surface area contributed by atoms with Gasteiger partial charge in [-0.3, -0.25) is 9.69 Å². The highest BCUT2D eigenvalue weighted by Crippen LogP contribution is 2.39. The van der Waals surface area contributed by atoms with Gasteiger partial charge >= 0.3 is 0 Å². The molecule has 0 radical (unpaired) electrons. The quantitative estimate of drug-likeness (QED) is 0.725. The highest BCUT2D eigenvalue weighted by Gasteiger charge is 2.42. The Morgan fingerprint density at radius 1 is 1.07 bits per heavy atom. The molecular weight excluding hydrogens is 376 g/mol. The molecule has 1 amide bonds. The molecule has 0 unspecified atom stereocenters. The summed E-state index contributed by atoms with van der Waals surface area (Å²) >= 11 is 0. The third kappa shape index (κ3) is 3.75. The van der Waals surface area contributed by atoms with E-state index < -0.39 is 5.66 Å². The highest BCUT2D eigenvalue weighted by atomic mass is 16.1. The maximum absolute atomic E-state index is 12.9. The minimum absolute atomic E-state index is 0.169. The topological polar surface area (TPSA) is 109 Å². The van der Waals surface area contributed by atoms with E-state index in [0.29, 0.717) is 11.5 Å². The van der Waals surface area contributed by atoms with E-state index in [1.807, 2.05) is 55.1 Å². The fourth-order valence-electron chi connectivity index (χ4n) is 4.43. The van der Waals surface area contributed by atoms with E-state index in [-0.39, 0.29) is 11.9 Å². The summed E-state index contributed by atoms with van der Waals surface area (Å²) in [6.07, 6.45) is 4.97. The average molecular weight is 405 g/mol. The van der Waals surface area contributed by atoms with Gasteiger partial charge in [-0.15, -0.1) is 0 Å². The molecule has 7 heteroatoms. The number of carbonyl (C=O) groups is 1. The van der Waals surface area contributed by atoms with Crippen molar-refractivity contribution < 1.29 is 4.79 Å².